The summed E-state index contributed by atoms with van der Waals surface area (Å²) in [6.07, 6.45) is 0. The smallest absolute Gasteiger partial charge is 0.337 e. The van der Waals surface area contributed by atoms with Gasteiger partial charge in [0.05, 0.1) is 31.5 Å². The second-order valence-corrected chi connectivity index (χ2v) is 5.86. The van der Waals surface area contributed by atoms with Gasteiger partial charge in [0.2, 0.25) is 0 Å². The Bertz CT molecular complexity index is 614. The monoisotopic (exact) mass is 338 g/mol. The molecule has 1 aromatic carbocycles. The van der Waals surface area contributed by atoms with Crippen molar-refractivity contribution >= 4 is 23.6 Å². The Morgan fingerprint density at radius 3 is 2.65 bits per heavy atom. The molecule has 0 aromatic heterocycles. The molecule has 0 saturated heterocycles. The lowest BCUT2D eigenvalue weighted by atomic mass is 10.1. The van der Waals surface area contributed by atoms with Gasteiger partial charge in [0.25, 0.3) is 0 Å². The number of hydrogen-bond donors (Lipinski definition) is 3. The van der Waals surface area contributed by atoms with Crippen LogP contribution in [0.25, 0.3) is 0 Å². The molecule has 1 atom stereocenters. The number of carbonyl (C=O) groups excluding carboxylic acids is 2. The van der Waals surface area contributed by atoms with Gasteiger partial charge in [0.1, 0.15) is 13.1 Å². The number of rotatable bonds is 6. The summed E-state index contributed by atoms with van der Waals surface area (Å²) in [7, 11) is 2.00. The SMILES string of the molecule is CCOC(=O)C1=C(C[NH+](C)Cc2ccc(Cl)cc2)NC(=O)NC1. The summed E-state index contributed by atoms with van der Waals surface area (Å²) >= 11 is 5.88. The van der Waals surface area contributed by atoms with E-state index in [4.69, 9.17) is 16.3 Å². The van der Waals surface area contributed by atoms with Crippen molar-refractivity contribution in [2.24, 2.45) is 0 Å². The van der Waals surface area contributed by atoms with Gasteiger partial charge in [-0.3, -0.25) is 0 Å². The van der Waals surface area contributed by atoms with Gasteiger partial charge in [-0.05, 0) is 19.1 Å². The van der Waals surface area contributed by atoms with Gasteiger partial charge in [0.15, 0.2) is 0 Å². The molecule has 0 spiro atoms. The minimum absolute atomic E-state index is 0.189. The largest absolute Gasteiger partial charge is 0.463 e. The van der Waals surface area contributed by atoms with Crippen LogP contribution in [0.1, 0.15) is 12.5 Å². The van der Waals surface area contributed by atoms with E-state index in [1.54, 1.807) is 6.92 Å². The molecule has 0 aliphatic carbocycles. The third-order valence-corrected chi connectivity index (χ3v) is 3.73. The Labute approximate surface area is 140 Å². The normalized spacial score (nSPS) is 15.7. The van der Waals surface area contributed by atoms with Crippen molar-refractivity contribution in [3.8, 4) is 0 Å². The van der Waals surface area contributed by atoms with Crippen LogP contribution in [0, 0.1) is 0 Å². The molecule has 0 radical (unpaired) electrons. The van der Waals surface area contributed by atoms with E-state index in [2.05, 4.69) is 10.6 Å². The lowest BCUT2D eigenvalue weighted by Gasteiger charge is -2.23. The summed E-state index contributed by atoms with van der Waals surface area (Å²) in [6.45, 7) is 3.51. The Morgan fingerprint density at radius 2 is 2.00 bits per heavy atom. The first kappa shape index (κ1) is 17.3. The second kappa shape index (κ2) is 7.99. The van der Waals surface area contributed by atoms with Crippen LogP contribution in [-0.2, 0) is 16.1 Å². The highest BCUT2D eigenvalue weighted by Crippen LogP contribution is 2.09. The number of amides is 2. The van der Waals surface area contributed by atoms with Crippen molar-refractivity contribution in [3.05, 3.63) is 46.1 Å². The molecule has 124 valence electrons. The summed E-state index contributed by atoms with van der Waals surface area (Å²) in [5.41, 5.74) is 2.21. The predicted molar refractivity (Wildman–Crippen MR) is 87.1 cm³/mol. The maximum absolute atomic E-state index is 12.0. The van der Waals surface area contributed by atoms with Gasteiger partial charge in [-0.2, -0.15) is 0 Å². The number of esters is 1. The number of urea groups is 1. The molecule has 23 heavy (non-hydrogen) atoms. The van der Waals surface area contributed by atoms with E-state index >= 15 is 0 Å². The number of likely N-dealkylation sites (N-methyl/N-ethyl adjacent to an activating group) is 1. The van der Waals surface area contributed by atoms with Gasteiger partial charge < -0.3 is 20.3 Å². The maximum atomic E-state index is 12.0. The number of nitrogens with one attached hydrogen (secondary N) is 3. The van der Waals surface area contributed by atoms with E-state index < -0.39 is 5.97 Å². The van der Waals surface area contributed by atoms with Crippen molar-refractivity contribution < 1.29 is 19.2 Å². The summed E-state index contributed by atoms with van der Waals surface area (Å²) in [5.74, 6) is -0.394. The van der Waals surface area contributed by atoms with Crippen LogP contribution in [0.2, 0.25) is 5.02 Å². The second-order valence-electron chi connectivity index (χ2n) is 5.42. The lowest BCUT2D eigenvalue weighted by molar-refractivity contribution is -0.889. The Hall–Kier alpha value is -2.05. The van der Waals surface area contributed by atoms with E-state index in [1.165, 1.54) is 0 Å². The molecule has 2 amide bonds. The first-order valence-electron chi connectivity index (χ1n) is 7.49. The van der Waals surface area contributed by atoms with E-state index in [9.17, 15) is 9.59 Å². The van der Waals surface area contributed by atoms with Gasteiger partial charge in [0, 0.05) is 10.6 Å². The Morgan fingerprint density at radius 1 is 1.30 bits per heavy atom. The zero-order valence-electron chi connectivity index (χ0n) is 13.2. The highest BCUT2D eigenvalue weighted by Gasteiger charge is 2.25. The van der Waals surface area contributed by atoms with E-state index in [0.717, 1.165) is 17.0 Å². The van der Waals surface area contributed by atoms with Gasteiger partial charge in [-0.15, -0.1) is 0 Å². The summed E-state index contributed by atoms with van der Waals surface area (Å²) in [5, 5.41) is 6.01. The summed E-state index contributed by atoms with van der Waals surface area (Å²) in [6, 6.07) is 7.33. The van der Waals surface area contributed by atoms with Crippen LogP contribution in [0.15, 0.2) is 35.5 Å². The van der Waals surface area contributed by atoms with E-state index in [1.807, 2.05) is 31.3 Å². The van der Waals surface area contributed by atoms with Crippen LogP contribution >= 0.6 is 11.6 Å². The number of halogens is 1. The molecule has 7 heteroatoms. The molecule has 2 rings (SSSR count). The number of benzene rings is 1. The number of hydrogen-bond acceptors (Lipinski definition) is 3. The fraction of sp³-hybridized carbons (Fsp3) is 0.375. The topological polar surface area (TPSA) is 71.9 Å². The fourth-order valence-electron chi connectivity index (χ4n) is 2.41. The molecule has 1 aromatic rings. The van der Waals surface area contributed by atoms with E-state index in [0.29, 0.717) is 29.4 Å². The first-order chi connectivity index (χ1) is 11.0. The number of ether oxygens (including phenoxy) is 1. The van der Waals surface area contributed by atoms with Crippen LogP contribution < -0.4 is 15.5 Å². The van der Waals surface area contributed by atoms with Crippen molar-refractivity contribution in [2.75, 3.05) is 26.7 Å². The summed E-state index contributed by atoms with van der Waals surface area (Å²) < 4.78 is 5.05. The van der Waals surface area contributed by atoms with Crippen molar-refractivity contribution in [1.29, 1.82) is 0 Å². The Balaban J connectivity index is 2.08. The first-order valence-corrected chi connectivity index (χ1v) is 7.87. The van der Waals surface area contributed by atoms with Gasteiger partial charge in [-0.1, -0.05) is 23.7 Å². The maximum Gasteiger partial charge on any atom is 0.337 e. The highest BCUT2D eigenvalue weighted by molar-refractivity contribution is 6.30. The molecule has 0 fully saturated rings. The Kier molecular flexibility index (Phi) is 6.01. The third kappa shape index (κ3) is 4.97. The molecule has 0 saturated carbocycles. The third-order valence-electron chi connectivity index (χ3n) is 3.47. The quantitative estimate of drug-likeness (QED) is 0.661. The van der Waals surface area contributed by atoms with Gasteiger partial charge >= 0.3 is 12.0 Å². The molecular formula is C16H21ClN3O3+. The highest BCUT2D eigenvalue weighted by atomic mass is 35.5. The van der Waals surface area contributed by atoms with Crippen molar-refractivity contribution in [2.45, 2.75) is 13.5 Å². The molecule has 1 aliphatic heterocycles. The average Bonchev–Trinajstić information content (AvgIpc) is 2.50. The molecular weight excluding hydrogens is 318 g/mol. The van der Waals surface area contributed by atoms with Crippen molar-refractivity contribution in [3.63, 3.8) is 0 Å². The van der Waals surface area contributed by atoms with E-state index in [-0.39, 0.29) is 12.6 Å². The molecule has 1 aliphatic rings. The van der Waals surface area contributed by atoms with Crippen molar-refractivity contribution in [1.82, 2.24) is 10.6 Å². The number of quaternary nitrogens is 1. The molecule has 1 unspecified atom stereocenters. The average molecular weight is 339 g/mol. The zero-order valence-corrected chi connectivity index (χ0v) is 14.0. The predicted octanol–water partition coefficient (Wildman–Crippen LogP) is 0.485. The minimum atomic E-state index is -0.394. The molecule has 6 nitrogen and oxygen atoms in total. The van der Waals surface area contributed by atoms with Crippen LogP contribution in [0.4, 0.5) is 4.79 Å². The minimum Gasteiger partial charge on any atom is -0.463 e. The molecule has 0 bridgehead atoms. The lowest BCUT2D eigenvalue weighted by Crippen LogP contribution is -3.08. The fourth-order valence-corrected chi connectivity index (χ4v) is 2.54. The van der Waals surface area contributed by atoms with Crippen LogP contribution in [0.5, 0.6) is 0 Å². The molecule has 3 N–H and O–H groups in total. The summed E-state index contributed by atoms with van der Waals surface area (Å²) in [4.78, 5) is 24.7. The zero-order chi connectivity index (χ0) is 16.8. The van der Waals surface area contributed by atoms with Crippen LogP contribution in [-0.4, -0.2) is 38.7 Å². The standard InChI is InChI=1S/C16H20ClN3O3/c1-3-23-15(21)13-8-18-16(22)19-14(13)10-20(2)9-11-4-6-12(17)7-5-11/h4-7H,3,8-10H2,1-2H3,(H2,18,19,22)/p+1. The number of carbonyl (C=O) groups is 2. The van der Waals surface area contributed by atoms with Gasteiger partial charge in [-0.25, -0.2) is 9.59 Å². The molecule has 1 heterocycles. The van der Waals surface area contributed by atoms with Crippen LogP contribution in [0.3, 0.4) is 0 Å².